The number of nitro benzene ring substituents is 1. The number of nitrogens with zero attached hydrogens (tertiary/aromatic N) is 2. The predicted octanol–water partition coefficient (Wildman–Crippen LogP) is 3.71. The summed E-state index contributed by atoms with van der Waals surface area (Å²) in [6.07, 6.45) is 0. The zero-order chi connectivity index (χ0) is 21.6. The molecular weight excluding hydrogens is 398 g/mol. The first-order valence-electron chi connectivity index (χ1n) is 10.1. The Morgan fingerprint density at radius 1 is 1.06 bits per heavy atom. The van der Waals surface area contributed by atoms with Crippen LogP contribution in [0.15, 0.2) is 60.7 Å². The van der Waals surface area contributed by atoms with Crippen molar-refractivity contribution in [1.29, 1.82) is 0 Å². The highest BCUT2D eigenvalue weighted by Crippen LogP contribution is 2.26. The first-order valence-corrected chi connectivity index (χ1v) is 10.1. The van der Waals surface area contributed by atoms with Gasteiger partial charge in [0.05, 0.1) is 18.1 Å². The molecule has 0 unspecified atom stereocenters. The summed E-state index contributed by atoms with van der Waals surface area (Å²) in [5, 5.41) is 16.8. The summed E-state index contributed by atoms with van der Waals surface area (Å²) in [5.41, 5.74) is 0.516. The number of ether oxygens (including phenoxy) is 2. The maximum Gasteiger partial charge on any atom is 0.293 e. The van der Waals surface area contributed by atoms with E-state index in [0.717, 1.165) is 16.5 Å². The average Bonchev–Trinajstić information content (AvgIpc) is 2.81. The smallest absolute Gasteiger partial charge is 0.293 e. The minimum atomic E-state index is -0.484. The summed E-state index contributed by atoms with van der Waals surface area (Å²) < 4.78 is 11.0. The molecule has 0 spiro atoms. The van der Waals surface area contributed by atoms with Crippen LogP contribution in [0, 0.1) is 10.1 Å². The molecule has 0 aromatic heterocycles. The van der Waals surface area contributed by atoms with Crippen LogP contribution in [0.4, 0.5) is 11.4 Å². The molecule has 1 amide bonds. The normalized spacial score (nSPS) is 13.7. The fourth-order valence-corrected chi connectivity index (χ4v) is 3.53. The van der Waals surface area contributed by atoms with Gasteiger partial charge in [0.1, 0.15) is 18.0 Å². The summed E-state index contributed by atoms with van der Waals surface area (Å²) in [5.74, 6) is 0.513. The van der Waals surface area contributed by atoms with Crippen LogP contribution < -0.4 is 10.1 Å². The number of anilines is 1. The molecule has 31 heavy (non-hydrogen) atoms. The number of rotatable bonds is 7. The lowest BCUT2D eigenvalue weighted by Crippen LogP contribution is -2.40. The van der Waals surface area contributed by atoms with Crippen LogP contribution in [-0.2, 0) is 4.74 Å². The minimum absolute atomic E-state index is 0.134. The third kappa shape index (κ3) is 4.92. The summed E-state index contributed by atoms with van der Waals surface area (Å²) in [6, 6.07) is 18.4. The molecule has 8 heteroatoms. The molecule has 1 fully saturated rings. The first kappa shape index (κ1) is 20.6. The van der Waals surface area contributed by atoms with Crippen molar-refractivity contribution >= 4 is 28.1 Å². The van der Waals surface area contributed by atoms with Crippen LogP contribution in [0.25, 0.3) is 10.8 Å². The SMILES string of the molecule is O=C(c1ccc(NCCOc2ccc3ccccc3c2)c([N+](=O)[O-])c1)N1CCOCC1. The Kier molecular flexibility index (Phi) is 6.28. The number of morpholine rings is 1. The van der Waals surface area contributed by atoms with Crippen molar-refractivity contribution in [1.82, 2.24) is 4.90 Å². The van der Waals surface area contributed by atoms with E-state index in [0.29, 0.717) is 50.7 Å². The molecule has 3 aromatic carbocycles. The highest BCUT2D eigenvalue weighted by atomic mass is 16.6. The summed E-state index contributed by atoms with van der Waals surface area (Å²) >= 11 is 0. The molecule has 4 rings (SSSR count). The van der Waals surface area contributed by atoms with Gasteiger partial charge in [0, 0.05) is 31.3 Å². The van der Waals surface area contributed by atoms with Gasteiger partial charge in [-0.1, -0.05) is 30.3 Å². The van der Waals surface area contributed by atoms with E-state index >= 15 is 0 Å². The molecule has 0 bridgehead atoms. The molecule has 160 valence electrons. The highest BCUT2D eigenvalue weighted by molar-refractivity contribution is 5.95. The van der Waals surface area contributed by atoms with Gasteiger partial charge in [-0.3, -0.25) is 14.9 Å². The van der Waals surface area contributed by atoms with Crippen molar-refractivity contribution in [2.24, 2.45) is 0 Å². The number of amides is 1. The molecule has 1 aliphatic rings. The number of carbonyl (C=O) groups is 1. The average molecular weight is 421 g/mol. The maximum absolute atomic E-state index is 12.6. The van der Waals surface area contributed by atoms with E-state index in [9.17, 15) is 14.9 Å². The minimum Gasteiger partial charge on any atom is -0.492 e. The zero-order valence-electron chi connectivity index (χ0n) is 17.0. The Labute approximate surface area is 179 Å². The van der Waals surface area contributed by atoms with Gasteiger partial charge in [-0.05, 0) is 35.0 Å². The van der Waals surface area contributed by atoms with Gasteiger partial charge in [-0.2, -0.15) is 0 Å². The molecule has 1 heterocycles. The van der Waals surface area contributed by atoms with Crippen LogP contribution in [0.2, 0.25) is 0 Å². The van der Waals surface area contributed by atoms with Crippen LogP contribution in [-0.4, -0.2) is 55.2 Å². The van der Waals surface area contributed by atoms with E-state index in [1.54, 1.807) is 17.0 Å². The monoisotopic (exact) mass is 421 g/mol. The molecule has 0 saturated carbocycles. The fourth-order valence-electron chi connectivity index (χ4n) is 3.53. The molecule has 1 saturated heterocycles. The topological polar surface area (TPSA) is 93.9 Å². The molecule has 1 N–H and O–H groups in total. The second-order valence-corrected chi connectivity index (χ2v) is 7.18. The van der Waals surface area contributed by atoms with Crippen LogP contribution in [0.1, 0.15) is 10.4 Å². The number of nitrogens with one attached hydrogen (secondary N) is 1. The fraction of sp³-hybridized carbons (Fsp3) is 0.261. The molecule has 0 radical (unpaired) electrons. The lowest BCUT2D eigenvalue weighted by Gasteiger charge is -2.26. The molecule has 8 nitrogen and oxygen atoms in total. The quantitative estimate of drug-likeness (QED) is 0.355. The van der Waals surface area contributed by atoms with Crippen molar-refractivity contribution in [2.75, 3.05) is 44.8 Å². The molecule has 3 aromatic rings. The number of hydrogen-bond acceptors (Lipinski definition) is 6. The largest absolute Gasteiger partial charge is 0.492 e. The van der Waals surface area contributed by atoms with E-state index in [1.807, 2.05) is 42.5 Å². The van der Waals surface area contributed by atoms with Crippen molar-refractivity contribution in [3.05, 3.63) is 76.3 Å². The lowest BCUT2D eigenvalue weighted by atomic mass is 10.1. The highest BCUT2D eigenvalue weighted by Gasteiger charge is 2.22. The van der Waals surface area contributed by atoms with Gasteiger partial charge in [-0.25, -0.2) is 0 Å². The maximum atomic E-state index is 12.6. The predicted molar refractivity (Wildman–Crippen MR) is 118 cm³/mol. The van der Waals surface area contributed by atoms with Crippen molar-refractivity contribution in [3.63, 3.8) is 0 Å². The first-order chi connectivity index (χ1) is 15.1. The second kappa shape index (κ2) is 9.44. The molecule has 0 atom stereocenters. The Balaban J connectivity index is 1.38. The number of hydrogen-bond donors (Lipinski definition) is 1. The van der Waals surface area contributed by atoms with E-state index in [-0.39, 0.29) is 11.6 Å². The van der Waals surface area contributed by atoms with Gasteiger partial charge < -0.3 is 19.7 Å². The van der Waals surface area contributed by atoms with E-state index in [2.05, 4.69) is 5.32 Å². The number of benzene rings is 3. The Hall–Kier alpha value is -3.65. The van der Waals surface area contributed by atoms with E-state index in [1.165, 1.54) is 6.07 Å². The third-order valence-electron chi connectivity index (χ3n) is 5.15. The second-order valence-electron chi connectivity index (χ2n) is 7.18. The van der Waals surface area contributed by atoms with Crippen molar-refractivity contribution < 1.29 is 19.2 Å². The van der Waals surface area contributed by atoms with Crippen LogP contribution in [0.5, 0.6) is 5.75 Å². The van der Waals surface area contributed by atoms with Crippen molar-refractivity contribution in [2.45, 2.75) is 0 Å². The van der Waals surface area contributed by atoms with Gasteiger partial charge in [0.2, 0.25) is 0 Å². The number of carbonyl (C=O) groups excluding carboxylic acids is 1. The van der Waals surface area contributed by atoms with Crippen LogP contribution in [0.3, 0.4) is 0 Å². The summed E-state index contributed by atoms with van der Waals surface area (Å²) in [4.78, 5) is 25.3. The van der Waals surface area contributed by atoms with Gasteiger partial charge in [-0.15, -0.1) is 0 Å². The third-order valence-corrected chi connectivity index (χ3v) is 5.15. The molecule has 0 aliphatic carbocycles. The number of nitro groups is 1. The van der Waals surface area contributed by atoms with E-state index < -0.39 is 4.92 Å². The Morgan fingerprint density at radius 2 is 1.84 bits per heavy atom. The van der Waals surface area contributed by atoms with Crippen molar-refractivity contribution in [3.8, 4) is 5.75 Å². The standard InChI is InChI=1S/C23H23N3O5/c27-23(25-10-13-30-14-11-25)19-6-8-21(22(16-19)26(28)29)24-9-12-31-20-7-5-17-3-1-2-4-18(17)15-20/h1-8,15-16,24H,9-14H2. The summed E-state index contributed by atoms with van der Waals surface area (Å²) in [7, 11) is 0. The lowest BCUT2D eigenvalue weighted by molar-refractivity contribution is -0.384. The van der Waals surface area contributed by atoms with Gasteiger partial charge >= 0.3 is 0 Å². The van der Waals surface area contributed by atoms with Gasteiger partial charge in [0.25, 0.3) is 11.6 Å². The Morgan fingerprint density at radius 3 is 2.61 bits per heavy atom. The Bertz CT molecular complexity index is 1100. The number of fused-ring (bicyclic) bond motifs is 1. The zero-order valence-corrected chi connectivity index (χ0v) is 17.0. The van der Waals surface area contributed by atoms with Gasteiger partial charge in [0.15, 0.2) is 0 Å². The van der Waals surface area contributed by atoms with E-state index in [4.69, 9.17) is 9.47 Å². The molecular formula is C23H23N3O5. The molecule has 1 aliphatic heterocycles. The summed E-state index contributed by atoms with van der Waals surface area (Å²) in [6.45, 7) is 2.64. The van der Waals surface area contributed by atoms with Crippen LogP contribution >= 0.6 is 0 Å².